The number of Topliss-reactive ketones (excluding diaryl/α,β-unsaturated/α-hetero) is 1. The van der Waals surface area contributed by atoms with Gasteiger partial charge in [0.25, 0.3) is 5.69 Å². The molecule has 7 heteroatoms. The van der Waals surface area contributed by atoms with Crippen LogP contribution in [0.2, 0.25) is 0 Å². The van der Waals surface area contributed by atoms with E-state index in [0.29, 0.717) is 9.86 Å². The fourth-order valence-corrected chi connectivity index (χ4v) is 2.12. The highest BCUT2D eigenvalue weighted by Crippen LogP contribution is 2.25. The molecular formula is C9H5ClINO4. The van der Waals surface area contributed by atoms with Gasteiger partial charge in [-0.15, -0.1) is 11.6 Å². The molecule has 0 N–H and O–H groups in total. The minimum Gasteiger partial charge on any atom is -0.298 e. The molecule has 0 saturated heterocycles. The van der Waals surface area contributed by atoms with Crippen LogP contribution in [0, 0.1) is 13.7 Å². The van der Waals surface area contributed by atoms with Crippen LogP contribution in [0.15, 0.2) is 12.1 Å². The van der Waals surface area contributed by atoms with E-state index >= 15 is 0 Å². The predicted molar refractivity (Wildman–Crippen MR) is 66.3 cm³/mol. The second-order valence-electron chi connectivity index (χ2n) is 2.79. The molecule has 0 aliphatic rings. The minimum atomic E-state index is -0.704. The molecule has 0 heterocycles. The van der Waals surface area contributed by atoms with Gasteiger partial charge in [-0.1, -0.05) is 0 Å². The van der Waals surface area contributed by atoms with Crippen LogP contribution >= 0.6 is 34.2 Å². The van der Waals surface area contributed by atoms with Crippen molar-refractivity contribution in [3.8, 4) is 0 Å². The summed E-state index contributed by atoms with van der Waals surface area (Å²) in [5.74, 6) is -0.824. The summed E-state index contributed by atoms with van der Waals surface area (Å²) in [6.45, 7) is 0. The summed E-state index contributed by atoms with van der Waals surface area (Å²) in [5.41, 5.74) is -0.591. The van der Waals surface area contributed by atoms with Crippen molar-refractivity contribution in [1.82, 2.24) is 0 Å². The van der Waals surface area contributed by atoms with Crippen LogP contribution in [0.25, 0.3) is 0 Å². The van der Waals surface area contributed by atoms with Crippen molar-refractivity contribution in [2.75, 3.05) is 5.88 Å². The monoisotopic (exact) mass is 353 g/mol. The first kappa shape index (κ1) is 13.0. The summed E-state index contributed by atoms with van der Waals surface area (Å²) in [6, 6.07) is 2.60. The minimum absolute atomic E-state index is 0.0137. The number of nitro benzene ring substituents is 1. The molecule has 0 saturated carbocycles. The van der Waals surface area contributed by atoms with Crippen LogP contribution in [-0.2, 0) is 0 Å². The first-order valence-electron chi connectivity index (χ1n) is 4.04. The van der Waals surface area contributed by atoms with Gasteiger partial charge in [0.1, 0.15) is 5.56 Å². The molecule has 0 aliphatic heterocycles. The lowest BCUT2D eigenvalue weighted by Gasteiger charge is -2.05. The number of hydrogen-bond donors (Lipinski definition) is 0. The van der Waals surface area contributed by atoms with Crippen LogP contribution in [0.5, 0.6) is 0 Å². The molecule has 0 aromatic heterocycles. The third kappa shape index (κ3) is 2.38. The number of benzene rings is 1. The lowest BCUT2D eigenvalue weighted by atomic mass is 10.0. The summed E-state index contributed by atoms with van der Waals surface area (Å²) >= 11 is 7.21. The smallest absolute Gasteiger partial charge is 0.280 e. The topological polar surface area (TPSA) is 77.3 Å². The zero-order valence-corrected chi connectivity index (χ0v) is 10.7. The Morgan fingerprint density at radius 2 is 2.19 bits per heavy atom. The molecule has 16 heavy (non-hydrogen) atoms. The van der Waals surface area contributed by atoms with E-state index in [1.807, 2.05) is 22.6 Å². The maximum atomic E-state index is 11.5. The highest BCUT2D eigenvalue weighted by molar-refractivity contribution is 14.1. The summed E-state index contributed by atoms with van der Waals surface area (Å²) in [5, 5.41) is 10.7. The molecule has 84 valence electrons. The van der Waals surface area contributed by atoms with Gasteiger partial charge in [0.2, 0.25) is 0 Å². The van der Waals surface area contributed by atoms with Gasteiger partial charge in [0, 0.05) is 15.2 Å². The van der Waals surface area contributed by atoms with E-state index < -0.39 is 10.7 Å². The second kappa shape index (κ2) is 5.35. The quantitative estimate of drug-likeness (QED) is 0.208. The average Bonchev–Trinajstić information content (AvgIpc) is 2.26. The van der Waals surface area contributed by atoms with Crippen LogP contribution < -0.4 is 0 Å². The van der Waals surface area contributed by atoms with E-state index in [1.165, 1.54) is 12.1 Å². The number of rotatable bonds is 4. The number of alkyl halides is 1. The van der Waals surface area contributed by atoms with Crippen LogP contribution in [-0.4, -0.2) is 22.9 Å². The lowest BCUT2D eigenvalue weighted by Crippen LogP contribution is -2.09. The number of halogens is 2. The molecule has 5 nitrogen and oxygen atoms in total. The Balaban J connectivity index is 3.56. The van der Waals surface area contributed by atoms with Crippen LogP contribution in [0.1, 0.15) is 20.7 Å². The Bertz CT molecular complexity index is 475. The zero-order valence-electron chi connectivity index (χ0n) is 7.78. The lowest BCUT2D eigenvalue weighted by molar-refractivity contribution is -0.385. The number of carbonyl (C=O) groups is 2. The number of aldehydes is 1. The average molecular weight is 353 g/mol. The van der Waals surface area contributed by atoms with Crippen molar-refractivity contribution in [3.05, 3.63) is 36.9 Å². The Morgan fingerprint density at radius 1 is 1.56 bits per heavy atom. The van der Waals surface area contributed by atoms with Gasteiger partial charge in [-0.2, -0.15) is 0 Å². The Labute approximate surface area is 109 Å². The third-order valence-corrected chi connectivity index (χ3v) is 3.03. The summed E-state index contributed by atoms with van der Waals surface area (Å²) in [7, 11) is 0. The molecule has 1 aromatic rings. The maximum absolute atomic E-state index is 11.5. The first-order chi connectivity index (χ1) is 7.52. The van der Waals surface area contributed by atoms with Gasteiger partial charge in [0.05, 0.1) is 10.8 Å². The molecule has 0 bridgehead atoms. The Kier molecular flexibility index (Phi) is 4.36. The zero-order chi connectivity index (χ0) is 12.3. The molecule has 1 aromatic carbocycles. The van der Waals surface area contributed by atoms with Crippen molar-refractivity contribution >= 4 is 51.9 Å². The summed E-state index contributed by atoms with van der Waals surface area (Å²) in [6.07, 6.45) is 0.306. The number of nitrogens with zero attached hydrogens (tertiary/aromatic N) is 1. The van der Waals surface area contributed by atoms with Crippen molar-refractivity contribution < 1.29 is 14.5 Å². The SMILES string of the molecule is O=Cc1c([N+](=O)[O-])ccc(I)c1C(=O)CCl. The Hall–Kier alpha value is -1.02. The van der Waals surface area contributed by atoms with Gasteiger partial charge in [0.15, 0.2) is 12.1 Å². The van der Waals surface area contributed by atoms with Gasteiger partial charge in [-0.05, 0) is 28.7 Å². The third-order valence-electron chi connectivity index (χ3n) is 1.89. The molecule has 0 atom stereocenters. The number of carbonyl (C=O) groups excluding carboxylic acids is 2. The largest absolute Gasteiger partial charge is 0.298 e. The first-order valence-corrected chi connectivity index (χ1v) is 5.65. The molecule has 0 aliphatic carbocycles. The predicted octanol–water partition coefficient (Wildman–Crippen LogP) is 2.43. The second-order valence-corrected chi connectivity index (χ2v) is 4.22. The summed E-state index contributed by atoms with van der Waals surface area (Å²) in [4.78, 5) is 32.2. The van der Waals surface area contributed by atoms with E-state index in [9.17, 15) is 19.7 Å². The molecule has 1 rings (SSSR count). The van der Waals surface area contributed by atoms with Gasteiger partial charge >= 0.3 is 0 Å². The number of hydrogen-bond acceptors (Lipinski definition) is 4. The molecule has 0 fully saturated rings. The standard InChI is InChI=1S/C9H5ClINO4/c10-3-8(14)9-5(4-13)7(12(15)16)2-1-6(9)11/h1-2,4H,3H2. The van der Waals surface area contributed by atoms with Crippen LogP contribution in [0.3, 0.4) is 0 Å². The molecule has 0 spiro atoms. The Morgan fingerprint density at radius 3 is 2.62 bits per heavy atom. The normalized spacial score (nSPS) is 9.88. The van der Waals surface area contributed by atoms with Gasteiger partial charge in [-0.25, -0.2) is 0 Å². The maximum Gasteiger partial charge on any atom is 0.280 e. The van der Waals surface area contributed by atoms with E-state index in [2.05, 4.69) is 0 Å². The number of ketones is 1. The van der Waals surface area contributed by atoms with E-state index in [1.54, 1.807) is 0 Å². The highest BCUT2D eigenvalue weighted by atomic mass is 127. The van der Waals surface area contributed by atoms with Crippen molar-refractivity contribution in [3.63, 3.8) is 0 Å². The van der Waals surface area contributed by atoms with Crippen molar-refractivity contribution in [2.45, 2.75) is 0 Å². The summed E-state index contributed by atoms with van der Waals surface area (Å²) < 4.78 is 0.468. The number of nitro groups is 1. The fraction of sp³-hybridized carbons (Fsp3) is 0.111. The van der Waals surface area contributed by atoms with E-state index in [-0.39, 0.29) is 22.7 Å². The van der Waals surface area contributed by atoms with E-state index in [0.717, 1.165) is 0 Å². The molecular weight excluding hydrogens is 348 g/mol. The molecule has 0 unspecified atom stereocenters. The molecule has 0 radical (unpaired) electrons. The molecule has 0 amide bonds. The highest BCUT2D eigenvalue weighted by Gasteiger charge is 2.23. The van der Waals surface area contributed by atoms with Gasteiger partial charge < -0.3 is 0 Å². The van der Waals surface area contributed by atoms with Crippen molar-refractivity contribution in [2.24, 2.45) is 0 Å². The van der Waals surface area contributed by atoms with Crippen molar-refractivity contribution in [1.29, 1.82) is 0 Å². The fourth-order valence-electron chi connectivity index (χ4n) is 1.21. The van der Waals surface area contributed by atoms with Crippen LogP contribution in [0.4, 0.5) is 5.69 Å². The van der Waals surface area contributed by atoms with Gasteiger partial charge in [-0.3, -0.25) is 19.7 Å². The van der Waals surface area contributed by atoms with E-state index in [4.69, 9.17) is 11.6 Å².